The van der Waals surface area contributed by atoms with Gasteiger partial charge in [-0.1, -0.05) is 121 Å². The summed E-state index contributed by atoms with van der Waals surface area (Å²) in [4.78, 5) is 15.5. The maximum atomic E-state index is 6.18. The van der Waals surface area contributed by atoms with Crippen LogP contribution in [0, 0.1) is 0 Å². The van der Waals surface area contributed by atoms with Crippen LogP contribution < -0.4 is 0 Å². The number of furan rings is 1. The molecule has 0 spiro atoms. The molecule has 61 heavy (non-hydrogen) atoms. The van der Waals surface area contributed by atoms with E-state index >= 15 is 0 Å². The van der Waals surface area contributed by atoms with E-state index in [0.717, 1.165) is 66.4 Å². The summed E-state index contributed by atoms with van der Waals surface area (Å²) < 4.78 is 11.0. The summed E-state index contributed by atoms with van der Waals surface area (Å²) in [7, 11) is 0. The van der Waals surface area contributed by atoms with E-state index in [1.54, 1.807) is 0 Å². The zero-order valence-corrected chi connectivity index (χ0v) is 32.7. The molecule has 0 aliphatic carbocycles. The lowest BCUT2D eigenvalue weighted by Gasteiger charge is -2.13. The van der Waals surface area contributed by atoms with Crippen LogP contribution in [0.15, 0.2) is 205 Å². The van der Waals surface area contributed by atoms with E-state index in [9.17, 15) is 0 Å². The minimum absolute atomic E-state index is 0.600. The van der Waals surface area contributed by atoms with Gasteiger partial charge in [0.15, 0.2) is 17.5 Å². The predicted molar refractivity (Wildman–Crippen MR) is 250 cm³/mol. The van der Waals surface area contributed by atoms with Crippen molar-refractivity contribution < 1.29 is 4.42 Å². The minimum Gasteiger partial charge on any atom is -0.456 e. The average molecular weight is 780 g/mol. The van der Waals surface area contributed by atoms with E-state index < -0.39 is 0 Å². The van der Waals surface area contributed by atoms with Gasteiger partial charge in [0.05, 0.1) is 22.1 Å². The Kier molecular flexibility index (Phi) is 7.21. The average Bonchev–Trinajstić information content (AvgIpc) is 3.99. The van der Waals surface area contributed by atoms with Crippen LogP contribution in [0.5, 0.6) is 0 Å². The Labute approximate surface area is 349 Å². The second-order valence-corrected chi connectivity index (χ2v) is 15.6. The zero-order chi connectivity index (χ0) is 40.0. The Balaban J connectivity index is 1.01. The zero-order valence-electron chi connectivity index (χ0n) is 32.7. The lowest BCUT2D eigenvalue weighted by Crippen LogP contribution is -2.01. The summed E-state index contributed by atoms with van der Waals surface area (Å²) in [6.07, 6.45) is 0. The van der Waals surface area contributed by atoms with Crippen molar-refractivity contribution in [3.8, 4) is 45.5 Å². The van der Waals surface area contributed by atoms with Crippen LogP contribution in [0.2, 0.25) is 0 Å². The molecule has 6 nitrogen and oxygen atoms in total. The van der Waals surface area contributed by atoms with Gasteiger partial charge in [-0.2, -0.15) is 0 Å². The minimum atomic E-state index is 0.600. The molecule has 13 aromatic rings. The highest BCUT2D eigenvalue weighted by molar-refractivity contribution is 6.23. The van der Waals surface area contributed by atoms with Gasteiger partial charge < -0.3 is 13.6 Å². The highest BCUT2D eigenvalue weighted by Gasteiger charge is 2.22. The van der Waals surface area contributed by atoms with E-state index in [0.29, 0.717) is 17.5 Å². The van der Waals surface area contributed by atoms with Gasteiger partial charge >= 0.3 is 0 Å². The molecule has 0 saturated carbocycles. The van der Waals surface area contributed by atoms with Crippen molar-refractivity contribution in [3.05, 3.63) is 200 Å². The quantitative estimate of drug-likeness (QED) is 0.175. The largest absolute Gasteiger partial charge is 0.456 e. The summed E-state index contributed by atoms with van der Waals surface area (Å²) in [6.45, 7) is 0. The second kappa shape index (κ2) is 13.1. The third-order valence-corrected chi connectivity index (χ3v) is 12.1. The molecule has 0 unspecified atom stereocenters. The molecule has 0 aliphatic rings. The van der Waals surface area contributed by atoms with Gasteiger partial charge in [-0.25, -0.2) is 15.0 Å². The topological polar surface area (TPSA) is 61.7 Å². The molecule has 0 aliphatic heterocycles. The fourth-order valence-corrected chi connectivity index (χ4v) is 9.33. The fraction of sp³-hybridized carbons (Fsp3) is 0. The molecule has 0 N–H and O–H groups in total. The molecule has 0 bridgehead atoms. The Morgan fingerprint density at radius 2 is 0.803 bits per heavy atom. The van der Waals surface area contributed by atoms with Gasteiger partial charge in [0, 0.05) is 60.4 Å². The van der Waals surface area contributed by atoms with Crippen LogP contribution in [0.25, 0.3) is 122 Å². The number of para-hydroxylation sites is 4. The molecule has 4 heterocycles. The molecule has 6 heteroatoms. The maximum Gasteiger partial charge on any atom is 0.164 e. The standard InChI is InChI=1S/C55H33N5O/c1-2-14-39(15-3-1)59-47-19-9-6-16-41(47)44-29-30-45-42-17-7-10-20-48(42)60(52(45)51(44)59)40-27-24-35(25-28-40)53-56-54(37-23-22-34-12-4-5-13-36(34)32-37)58-55(57-53)38-26-31-50-46(33-38)43-18-8-11-21-49(43)61-50/h1-33H. The van der Waals surface area contributed by atoms with Crippen LogP contribution in [0.3, 0.4) is 0 Å². The smallest absolute Gasteiger partial charge is 0.164 e. The molecule has 0 radical (unpaired) electrons. The lowest BCUT2D eigenvalue weighted by molar-refractivity contribution is 0.669. The molecule has 4 aromatic heterocycles. The predicted octanol–water partition coefficient (Wildman–Crippen LogP) is 14.1. The first kappa shape index (κ1) is 33.6. The number of rotatable bonds is 5. The van der Waals surface area contributed by atoms with Crippen LogP contribution in [-0.4, -0.2) is 24.1 Å². The monoisotopic (exact) mass is 779 g/mol. The van der Waals surface area contributed by atoms with Gasteiger partial charge in [0.1, 0.15) is 11.2 Å². The summed E-state index contributed by atoms with van der Waals surface area (Å²) in [5.41, 5.74) is 11.2. The van der Waals surface area contributed by atoms with Crippen LogP contribution >= 0.6 is 0 Å². The first-order chi connectivity index (χ1) is 30.2. The van der Waals surface area contributed by atoms with E-state index in [1.807, 2.05) is 30.3 Å². The molecule has 284 valence electrons. The van der Waals surface area contributed by atoms with Crippen molar-refractivity contribution in [2.24, 2.45) is 0 Å². The molecule has 0 amide bonds. The number of nitrogens with zero attached hydrogens (tertiary/aromatic N) is 5. The molecule has 0 fully saturated rings. The number of benzene rings is 9. The highest BCUT2D eigenvalue weighted by Crippen LogP contribution is 2.42. The van der Waals surface area contributed by atoms with Crippen LogP contribution in [0.1, 0.15) is 0 Å². The SMILES string of the molecule is c1ccc(-n2c3ccccc3c3ccc4c5ccccc5n(-c5ccc(-c6nc(-c7ccc8ccccc8c7)nc(-c7ccc8oc9ccccc9c8c7)n6)cc5)c4c32)cc1. The van der Waals surface area contributed by atoms with Gasteiger partial charge in [0.25, 0.3) is 0 Å². The summed E-state index contributed by atoms with van der Waals surface area (Å²) in [5, 5.41) is 9.24. The van der Waals surface area contributed by atoms with Crippen molar-refractivity contribution in [1.82, 2.24) is 24.1 Å². The summed E-state index contributed by atoms with van der Waals surface area (Å²) in [5.74, 6) is 1.82. The fourth-order valence-electron chi connectivity index (χ4n) is 9.33. The van der Waals surface area contributed by atoms with E-state index in [4.69, 9.17) is 19.4 Å². The van der Waals surface area contributed by atoms with E-state index in [2.05, 4.69) is 179 Å². The van der Waals surface area contributed by atoms with Crippen molar-refractivity contribution in [2.75, 3.05) is 0 Å². The van der Waals surface area contributed by atoms with Crippen LogP contribution in [0.4, 0.5) is 0 Å². The molecule has 0 atom stereocenters. The second-order valence-electron chi connectivity index (χ2n) is 15.6. The van der Waals surface area contributed by atoms with Gasteiger partial charge in [-0.05, 0) is 89.6 Å². The molecule has 9 aromatic carbocycles. The van der Waals surface area contributed by atoms with Gasteiger partial charge in [-0.3, -0.25) is 0 Å². The number of hydrogen-bond donors (Lipinski definition) is 0. The Bertz CT molecular complexity index is 3880. The number of fused-ring (bicyclic) bond motifs is 11. The third kappa shape index (κ3) is 5.19. The summed E-state index contributed by atoms with van der Waals surface area (Å²) in [6, 6.07) is 70.4. The molecule has 0 saturated heterocycles. The van der Waals surface area contributed by atoms with Crippen molar-refractivity contribution >= 4 is 76.3 Å². The van der Waals surface area contributed by atoms with Crippen molar-refractivity contribution in [1.29, 1.82) is 0 Å². The first-order valence-electron chi connectivity index (χ1n) is 20.5. The normalized spacial score (nSPS) is 11.9. The lowest BCUT2D eigenvalue weighted by atomic mass is 10.1. The van der Waals surface area contributed by atoms with E-state index in [-0.39, 0.29) is 0 Å². The Hall–Kier alpha value is -8.35. The maximum absolute atomic E-state index is 6.18. The Morgan fingerprint density at radius 3 is 1.49 bits per heavy atom. The Morgan fingerprint density at radius 1 is 0.311 bits per heavy atom. The van der Waals surface area contributed by atoms with Crippen molar-refractivity contribution in [2.45, 2.75) is 0 Å². The number of hydrogen-bond acceptors (Lipinski definition) is 4. The van der Waals surface area contributed by atoms with Gasteiger partial charge in [-0.15, -0.1) is 0 Å². The van der Waals surface area contributed by atoms with Gasteiger partial charge in [0.2, 0.25) is 0 Å². The first-order valence-corrected chi connectivity index (χ1v) is 20.5. The van der Waals surface area contributed by atoms with Crippen molar-refractivity contribution in [3.63, 3.8) is 0 Å². The van der Waals surface area contributed by atoms with Crippen LogP contribution in [-0.2, 0) is 0 Å². The summed E-state index contributed by atoms with van der Waals surface area (Å²) >= 11 is 0. The highest BCUT2D eigenvalue weighted by atomic mass is 16.3. The third-order valence-electron chi connectivity index (χ3n) is 12.1. The molecular weight excluding hydrogens is 747 g/mol. The molecular formula is C55H33N5O. The number of aromatic nitrogens is 5. The molecule has 13 rings (SSSR count). The van der Waals surface area contributed by atoms with E-state index in [1.165, 1.54) is 38.0 Å².